The van der Waals surface area contributed by atoms with Crippen molar-refractivity contribution >= 4 is 40.4 Å². The molecule has 0 bridgehead atoms. The van der Waals surface area contributed by atoms with Gasteiger partial charge in [-0.05, 0) is 18.2 Å². The zero-order valence-corrected chi connectivity index (χ0v) is 12.2. The summed E-state index contributed by atoms with van der Waals surface area (Å²) < 4.78 is 0. The lowest BCUT2D eigenvalue weighted by molar-refractivity contribution is -0.384. The molecule has 1 N–H and O–H groups in total. The summed E-state index contributed by atoms with van der Waals surface area (Å²) >= 11 is 11.8. The Hall–Kier alpha value is -2.11. The van der Waals surface area contributed by atoms with Crippen LogP contribution in [-0.4, -0.2) is 17.3 Å². The summed E-state index contributed by atoms with van der Waals surface area (Å²) in [6.07, 6.45) is 0. The zero-order chi connectivity index (χ0) is 15.4. The zero-order valence-electron chi connectivity index (χ0n) is 10.7. The first-order valence-electron chi connectivity index (χ1n) is 5.94. The Morgan fingerprint density at radius 2 is 1.95 bits per heavy atom. The van der Waals surface area contributed by atoms with E-state index in [1.54, 1.807) is 18.2 Å². The van der Waals surface area contributed by atoms with Crippen molar-refractivity contribution in [1.82, 2.24) is 0 Å². The van der Waals surface area contributed by atoms with Gasteiger partial charge in [0, 0.05) is 22.7 Å². The Balaban J connectivity index is 2.08. The Morgan fingerprint density at radius 3 is 2.62 bits per heavy atom. The molecule has 2 rings (SSSR count). The van der Waals surface area contributed by atoms with Crippen LogP contribution in [0.15, 0.2) is 42.5 Å². The Kier molecular flexibility index (Phi) is 4.77. The number of nitrogens with one attached hydrogen (secondary N) is 1. The van der Waals surface area contributed by atoms with E-state index >= 15 is 0 Å². The maximum absolute atomic E-state index is 12.0. The van der Waals surface area contributed by atoms with Gasteiger partial charge in [0.25, 0.3) is 5.69 Å². The van der Waals surface area contributed by atoms with Crippen molar-refractivity contribution in [2.75, 3.05) is 11.9 Å². The minimum Gasteiger partial charge on any atom is -0.376 e. The number of rotatable bonds is 5. The quantitative estimate of drug-likeness (QED) is 0.508. The molecule has 0 unspecified atom stereocenters. The van der Waals surface area contributed by atoms with Gasteiger partial charge >= 0.3 is 0 Å². The van der Waals surface area contributed by atoms with Crippen molar-refractivity contribution in [2.24, 2.45) is 0 Å². The molecule has 0 aliphatic rings. The number of carbonyl (C=O) groups excluding carboxylic acids is 1. The Bertz CT molecular complexity index is 704. The predicted octanol–water partition coefficient (Wildman–Crippen LogP) is 4.20. The van der Waals surface area contributed by atoms with E-state index in [1.807, 2.05) is 0 Å². The third-order valence-corrected chi connectivity index (χ3v) is 3.30. The molecule has 0 aliphatic carbocycles. The van der Waals surface area contributed by atoms with Crippen molar-refractivity contribution < 1.29 is 9.72 Å². The Morgan fingerprint density at radius 1 is 1.19 bits per heavy atom. The molecular weight excluding hydrogens is 315 g/mol. The van der Waals surface area contributed by atoms with Crippen LogP contribution in [0.4, 0.5) is 11.4 Å². The monoisotopic (exact) mass is 324 g/mol. The van der Waals surface area contributed by atoms with E-state index in [0.29, 0.717) is 15.7 Å². The topological polar surface area (TPSA) is 72.2 Å². The molecular formula is C14H10Cl2N2O3. The molecule has 21 heavy (non-hydrogen) atoms. The average Bonchev–Trinajstić information content (AvgIpc) is 2.46. The number of anilines is 1. The summed E-state index contributed by atoms with van der Waals surface area (Å²) in [6, 6.07) is 10.4. The smallest absolute Gasteiger partial charge is 0.270 e. The van der Waals surface area contributed by atoms with E-state index in [2.05, 4.69) is 5.32 Å². The van der Waals surface area contributed by atoms with Crippen LogP contribution in [0, 0.1) is 10.1 Å². The van der Waals surface area contributed by atoms with Crippen LogP contribution >= 0.6 is 23.2 Å². The van der Waals surface area contributed by atoms with E-state index in [4.69, 9.17) is 23.2 Å². The summed E-state index contributed by atoms with van der Waals surface area (Å²) in [5.74, 6) is -0.273. The van der Waals surface area contributed by atoms with Gasteiger partial charge in [-0.15, -0.1) is 0 Å². The number of carbonyl (C=O) groups is 1. The van der Waals surface area contributed by atoms with Gasteiger partial charge in [0.1, 0.15) is 0 Å². The van der Waals surface area contributed by atoms with Crippen LogP contribution in [0.3, 0.4) is 0 Å². The van der Waals surface area contributed by atoms with Gasteiger partial charge in [-0.3, -0.25) is 14.9 Å². The molecule has 2 aromatic rings. The molecule has 0 amide bonds. The number of nitrogens with zero attached hydrogens (tertiary/aromatic N) is 1. The molecule has 2 aromatic carbocycles. The minimum atomic E-state index is -0.541. The van der Waals surface area contributed by atoms with Crippen LogP contribution < -0.4 is 5.32 Å². The summed E-state index contributed by atoms with van der Waals surface area (Å²) in [4.78, 5) is 22.2. The first kappa shape index (κ1) is 15.3. The second kappa shape index (κ2) is 6.56. The summed E-state index contributed by atoms with van der Waals surface area (Å²) in [7, 11) is 0. The number of hydrogen-bond donors (Lipinski definition) is 1. The molecule has 0 spiro atoms. The van der Waals surface area contributed by atoms with Gasteiger partial charge in [-0.25, -0.2) is 0 Å². The van der Waals surface area contributed by atoms with Crippen LogP contribution in [0.25, 0.3) is 0 Å². The molecule has 0 atom stereocenters. The Labute approximate surface area is 130 Å². The highest BCUT2D eigenvalue weighted by Crippen LogP contribution is 2.25. The summed E-state index contributed by atoms with van der Waals surface area (Å²) in [5.41, 5.74) is 0.715. The number of ketones is 1. The van der Waals surface area contributed by atoms with E-state index in [0.717, 1.165) is 0 Å². The number of nitro groups is 1. The maximum atomic E-state index is 12.0. The van der Waals surface area contributed by atoms with E-state index in [9.17, 15) is 14.9 Å². The standard InChI is InChI=1S/C14H10Cl2N2O3/c15-10-4-5-13(12(16)7-10)17-8-14(19)9-2-1-3-11(6-9)18(20)21/h1-7,17H,8H2. The highest BCUT2D eigenvalue weighted by molar-refractivity contribution is 6.36. The van der Waals surface area contributed by atoms with Crippen molar-refractivity contribution in [3.8, 4) is 0 Å². The summed E-state index contributed by atoms with van der Waals surface area (Å²) in [6.45, 7) is -0.0253. The van der Waals surface area contributed by atoms with Crippen molar-refractivity contribution in [3.63, 3.8) is 0 Å². The van der Waals surface area contributed by atoms with Gasteiger partial charge in [0.2, 0.25) is 0 Å². The first-order valence-corrected chi connectivity index (χ1v) is 6.69. The SMILES string of the molecule is O=C(CNc1ccc(Cl)cc1Cl)c1cccc([N+](=O)[O-])c1. The fourth-order valence-electron chi connectivity index (χ4n) is 1.70. The number of nitro benzene ring substituents is 1. The van der Waals surface area contributed by atoms with Crippen LogP contribution in [0.5, 0.6) is 0 Å². The molecule has 0 aliphatic heterocycles. The fraction of sp³-hybridized carbons (Fsp3) is 0.0714. The minimum absolute atomic E-state index is 0.0253. The van der Waals surface area contributed by atoms with E-state index in [1.165, 1.54) is 24.3 Å². The number of Topliss-reactive ketones (excluding diaryl/α,β-unsaturated/α-hetero) is 1. The molecule has 5 nitrogen and oxygen atoms in total. The molecule has 0 aromatic heterocycles. The fourth-order valence-corrected chi connectivity index (χ4v) is 2.18. The van der Waals surface area contributed by atoms with Gasteiger partial charge in [-0.1, -0.05) is 35.3 Å². The van der Waals surface area contributed by atoms with Gasteiger partial charge in [0.15, 0.2) is 5.78 Å². The molecule has 0 saturated heterocycles. The average molecular weight is 325 g/mol. The van der Waals surface area contributed by atoms with Crippen LogP contribution in [0.2, 0.25) is 10.0 Å². The van der Waals surface area contributed by atoms with Gasteiger partial charge in [-0.2, -0.15) is 0 Å². The lowest BCUT2D eigenvalue weighted by Gasteiger charge is -2.08. The largest absolute Gasteiger partial charge is 0.376 e. The van der Waals surface area contributed by atoms with E-state index < -0.39 is 4.92 Å². The summed E-state index contributed by atoms with van der Waals surface area (Å²) in [5, 5.41) is 14.5. The second-order valence-corrected chi connectivity index (χ2v) is 5.05. The highest BCUT2D eigenvalue weighted by atomic mass is 35.5. The molecule has 0 radical (unpaired) electrons. The molecule has 108 valence electrons. The van der Waals surface area contributed by atoms with Crippen molar-refractivity contribution in [3.05, 3.63) is 68.2 Å². The number of non-ortho nitro benzene ring substituents is 1. The normalized spacial score (nSPS) is 10.2. The highest BCUT2D eigenvalue weighted by Gasteiger charge is 2.12. The molecule has 0 heterocycles. The number of halogens is 2. The van der Waals surface area contributed by atoms with Gasteiger partial charge in [0.05, 0.1) is 22.2 Å². The first-order chi connectivity index (χ1) is 9.97. The van der Waals surface area contributed by atoms with Crippen molar-refractivity contribution in [1.29, 1.82) is 0 Å². The molecule has 7 heteroatoms. The lowest BCUT2D eigenvalue weighted by atomic mass is 10.1. The second-order valence-electron chi connectivity index (χ2n) is 4.21. The van der Waals surface area contributed by atoms with Crippen LogP contribution in [0.1, 0.15) is 10.4 Å². The molecule has 0 saturated carbocycles. The van der Waals surface area contributed by atoms with Gasteiger partial charge < -0.3 is 5.32 Å². The maximum Gasteiger partial charge on any atom is 0.270 e. The lowest BCUT2D eigenvalue weighted by Crippen LogP contribution is -2.14. The predicted molar refractivity (Wildman–Crippen MR) is 82.4 cm³/mol. The van der Waals surface area contributed by atoms with Crippen LogP contribution in [-0.2, 0) is 0 Å². The van der Waals surface area contributed by atoms with Crippen molar-refractivity contribution in [2.45, 2.75) is 0 Å². The number of benzene rings is 2. The molecule has 0 fully saturated rings. The third-order valence-electron chi connectivity index (χ3n) is 2.75. The van der Waals surface area contributed by atoms with E-state index in [-0.39, 0.29) is 23.6 Å². The number of hydrogen-bond acceptors (Lipinski definition) is 4. The third kappa shape index (κ3) is 3.93.